The van der Waals surface area contributed by atoms with Crippen molar-refractivity contribution in [2.24, 2.45) is 0 Å². The van der Waals surface area contributed by atoms with Crippen LogP contribution in [0.15, 0.2) is 30.9 Å². The third-order valence-electron chi connectivity index (χ3n) is 1.93. The topological polar surface area (TPSA) is 21.3 Å². The van der Waals surface area contributed by atoms with Crippen molar-refractivity contribution < 1.29 is 4.74 Å². The molecule has 0 amide bonds. The second-order valence-corrected chi connectivity index (χ2v) is 3.55. The Kier molecular flexibility index (Phi) is 5.22. The van der Waals surface area contributed by atoms with Gasteiger partial charge in [0, 0.05) is 6.54 Å². The first-order chi connectivity index (χ1) is 7.27. The molecule has 0 saturated heterocycles. The van der Waals surface area contributed by atoms with Crippen molar-refractivity contribution in [3.05, 3.63) is 41.4 Å². The number of nitrogens with one attached hydrogen (secondary N) is 1. The fraction of sp³-hybridized carbons (Fsp3) is 0.333. The molecule has 0 aliphatic heterocycles. The van der Waals surface area contributed by atoms with Crippen molar-refractivity contribution in [3.63, 3.8) is 0 Å². The van der Waals surface area contributed by atoms with Gasteiger partial charge in [0.2, 0.25) is 0 Å². The molecule has 1 rings (SSSR count). The highest BCUT2D eigenvalue weighted by molar-refractivity contribution is 6.32. The normalized spacial score (nSPS) is 10.0. The summed E-state index contributed by atoms with van der Waals surface area (Å²) in [4.78, 5) is 0. The summed E-state index contributed by atoms with van der Waals surface area (Å²) in [6.07, 6.45) is 1.70. The number of hydrogen-bond donors (Lipinski definition) is 1. The molecule has 82 valence electrons. The average Bonchev–Trinajstić information content (AvgIpc) is 2.25. The number of halogens is 1. The van der Waals surface area contributed by atoms with E-state index in [9.17, 15) is 0 Å². The van der Waals surface area contributed by atoms with E-state index in [4.69, 9.17) is 16.3 Å². The fourth-order valence-electron chi connectivity index (χ4n) is 1.19. The van der Waals surface area contributed by atoms with E-state index in [-0.39, 0.29) is 0 Å². The fourth-order valence-corrected chi connectivity index (χ4v) is 1.45. The lowest BCUT2D eigenvalue weighted by Gasteiger charge is -2.08. The Bertz CT molecular complexity index is 325. The molecule has 0 unspecified atom stereocenters. The van der Waals surface area contributed by atoms with Crippen molar-refractivity contribution in [1.82, 2.24) is 5.32 Å². The summed E-state index contributed by atoms with van der Waals surface area (Å²) in [6, 6.07) is 5.81. The summed E-state index contributed by atoms with van der Waals surface area (Å²) in [5, 5.41) is 3.88. The van der Waals surface area contributed by atoms with Crippen molar-refractivity contribution >= 4 is 11.6 Å². The minimum absolute atomic E-state index is 0.478. The second-order valence-electron chi connectivity index (χ2n) is 3.14. The van der Waals surface area contributed by atoms with Gasteiger partial charge >= 0.3 is 0 Å². The molecule has 3 heteroatoms. The van der Waals surface area contributed by atoms with Gasteiger partial charge in [-0.1, -0.05) is 37.2 Å². The van der Waals surface area contributed by atoms with Crippen LogP contribution in [-0.4, -0.2) is 13.2 Å². The second kappa shape index (κ2) is 6.49. The zero-order valence-electron chi connectivity index (χ0n) is 8.92. The van der Waals surface area contributed by atoms with Crippen LogP contribution in [0, 0.1) is 0 Å². The summed E-state index contributed by atoms with van der Waals surface area (Å²) >= 11 is 6.06. The Morgan fingerprint density at radius 1 is 1.53 bits per heavy atom. The van der Waals surface area contributed by atoms with Crippen LogP contribution in [0.2, 0.25) is 5.02 Å². The zero-order chi connectivity index (χ0) is 11.1. The maximum atomic E-state index is 6.06. The van der Waals surface area contributed by atoms with Crippen molar-refractivity contribution in [2.75, 3.05) is 13.2 Å². The van der Waals surface area contributed by atoms with Crippen LogP contribution in [0.25, 0.3) is 0 Å². The summed E-state index contributed by atoms with van der Waals surface area (Å²) in [6.45, 7) is 7.92. The van der Waals surface area contributed by atoms with Gasteiger partial charge in [-0.25, -0.2) is 0 Å². The van der Waals surface area contributed by atoms with E-state index in [0.717, 1.165) is 18.7 Å². The van der Waals surface area contributed by atoms with Gasteiger partial charge in [0.1, 0.15) is 12.4 Å². The first-order valence-corrected chi connectivity index (χ1v) is 5.38. The van der Waals surface area contributed by atoms with Crippen LogP contribution < -0.4 is 10.1 Å². The van der Waals surface area contributed by atoms with Crippen LogP contribution >= 0.6 is 11.6 Å². The van der Waals surface area contributed by atoms with Crippen LogP contribution in [0.1, 0.15) is 12.5 Å². The van der Waals surface area contributed by atoms with Gasteiger partial charge < -0.3 is 10.1 Å². The highest BCUT2D eigenvalue weighted by Gasteiger charge is 2.01. The van der Waals surface area contributed by atoms with E-state index < -0.39 is 0 Å². The number of ether oxygens (including phenoxy) is 1. The SMILES string of the molecule is C=CCOc1ccc(CNCC)cc1Cl. The van der Waals surface area contributed by atoms with Crippen LogP contribution in [0.3, 0.4) is 0 Å². The molecule has 1 aromatic rings. The number of hydrogen-bond acceptors (Lipinski definition) is 2. The van der Waals surface area contributed by atoms with Crippen LogP contribution in [0.5, 0.6) is 5.75 Å². The molecule has 0 fully saturated rings. The van der Waals surface area contributed by atoms with Crippen LogP contribution in [0.4, 0.5) is 0 Å². The summed E-state index contributed by atoms with van der Waals surface area (Å²) in [7, 11) is 0. The third kappa shape index (κ3) is 3.94. The van der Waals surface area contributed by atoms with E-state index in [1.165, 1.54) is 0 Å². The van der Waals surface area contributed by atoms with Crippen molar-refractivity contribution in [2.45, 2.75) is 13.5 Å². The molecule has 0 radical (unpaired) electrons. The molecule has 0 aromatic heterocycles. The van der Waals surface area contributed by atoms with Crippen molar-refractivity contribution in [3.8, 4) is 5.75 Å². The Morgan fingerprint density at radius 3 is 2.93 bits per heavy atom. The summed E-state index contributed by atoms with van der Waals surface area (Å²) in [5.41, 5.74) is 1.16. The maximum Gasteiger partial charge on any atom is 0.138 e. The Labute approximate surface area is 95.9 Å². The molecule has 2 nitrogen and oxygen atoms in total. The Balaban J connectivity index is 2.65. The maximum absolute atomic E-state index is 6.06. The van der Waals surface area contributed by atoms with E-state index >= 15 is 0 Å². The Hall–Kier alpha value is -0.990. The van der Waals surface area contributed by atoms with Gasteiger partial charge in [-0.3, -0.25) is 0 Å². The number of benzene rings is 1. The standard InChI is InChI=1S/C12H16ClNO/c1-3-7-15-12-6-5-10(8-11(12)13)9-14-4-2/h3,5-6,8,14H,1,4,7,9H2,2H3. The molecule has 0 saturated carbocycles. The molecule has 15 heavy (non-hydrogen) atoms. The predicted molar refractivity (Wildman–Crippen MR) is 64.5 cm³/mol. The van der Waals surface area contributed by atoms with E-state index in [0.29, 0.717) is 17.4 Å². The summed E-state index contributed by atoms with van der Waals surface area (Å²) in [5.74, 6) is 0.705. The van der Waals surface area contributed by atoms with Gasteiger partial charge in [0.15, 0.2) is 0 Å². The molecule has 0 aliphatic rings. The van der Waals surface area contributed by atoms with Gasteiger partial charge in [0.05, 0.1) is 5.02 Å². The Morgan fingerprint density at radius 2 is 2.33 bits per heavy atom. The third-order valence-corrected chi connectivity index (χ3v) is 2.23. The molecular weight excluding hydrogens is 210 g/mol. The van der Waals surface area contributed by atoms with Gasteiger partial charge in [0.25, 0.3) is 0 Å². The molecular formula is C12H16ClNO. The van der Waals surface area contributed by atoms with Crippen molar-refractivity contribution in [1.29, 1.82) is 0 Å². The monoisotopic (exact) mass is 225 g/mol. The van der Waals surface area contributed by atoms with E-state index in [1.807, 2.05) is 18.2 Å². The van der Waals surface area contributed by atoms with Gasteiger partial charge in [-0.2, -0.15) is 0 Å². The average molecular weight is 226 g/mol. The van der Waals surface area contributed by atoms with Gasteiger partial charge in [-0.05, 0) is 24.2 Å². The molecule has 0 heterocycles. The van der Waals surface area contributed by atoms with Gasteiger partial charge in [-0.15, -0.1) is 0 Å². The highest BCUT2D eigenvalue weighted by atomic mass is 35.5. The van der Waals surface area contributed by atoms with E-state index in [1.54, 1.807) is 6.08 Å². The summed E-state index contributed by atoms with van der Waals surface area (Å²) < 4.78 is 5.37. The molecule has 0 aliphatic carbocycles. The highest BCUT2D eigenvalue weighted by Crippen LogP contribution is 2.25. The first kappa shape index (κ1) is 12.1. The smallest absolute Gasteiger partial charge is 0.138 e. The predicted octanol–water partition coefficient (Wildman–Crippen LogP) is 3.01. The molecule has 1 aromatic carbocycles. The van der Waals surface area contributed by atoms with Crippen LogP contribution in [-0.2, 0) is 6.54 Å². The molecule has 1 N–H and O–H groups in total. The zero-order valence-corrected chi connectivity index (χ0v) is 9.68. The quantitative estimate of drug-likeness (QED) is 0.752. The lowest BCUT2D eigenvalue weighted by Crippen LogP contribution is -2.11. The molecule has 0 bridgehead atoms. The molecule has 0 atom stereocenters. The largest absolute Gasteiger partial charge is 0.488 e. The molecule has 0 spiro atoms. The lowest BCUT2D eigenvalue weighted by atomic mass is 10.2. The minimum Gasteiger partial charge on any atom is -0.488 e. The first-order valence-electron chi connectivity index (χ1n) is 5.00. The minimum atomic E-state index is 0.478. The number of rotatable bonds is 6. The van der Waals surface area contributed by atoms with E-state index in [2.05, 4.69) is 18.8 Å². The lowest BCUT2D eigenvalue weighted by molar-refractivity contribution is 0.363.